The number of ether oxygens (including phenoxy) is 1. The van der Waals surface area contributed by atoms with Gasteiger partial charge in [-0.2, -0.15) is 8.78 Å². The summed E-state index contributed by atoms with van der Waals surface area (Å²) in [6, 6.07) is 5.90. The normalized spacial score (nSPS) is 15.0. The maximum absolute atomic E-state index is 12.5. The molecular weight excluding hydrogens is 336 g/mol. The second kappa shape index (κ2) is 7.12. The fraction of sp³-hybridized carbons (Fsp3) is 0.375. The summed E-state index contributed by atoms with van der Waals surface area (Å²) in [7, 11) is 0. The summed E-state index contributed by atoms with van der Waals surface area (Å²) >= 11 is 1.22. The molecule has 3 rings (SSSR count). The molecule has 3 N–H and O–H groups in total. The molecule has 1 heterocycles. The minimum atomic E-state index is -2.90. The first-order chi connectivity index (χ1) is 11.5. The van der Waals surface area contributed by atoms with Crippen LogP contribution in [0.5, 0.6) is 5.75 Å². The van der Waals surface area contributed by atoms with Crippen molar-refractivity contribution in [2.75, 3.05) is 11.1 Å². The van der Waals surface area contributed by atoms with E-state index >= 15 is 0 Å². The van der Waals surface area contributed by atoms with Crippen LogP contribution < -0.4 is 15.8 Å². The van der Waals surface area contributed by atoms with E-state index in [1.54, 1.807) is 0 Å². The number of nitrogens with two attached hydrogens (primary N) is 1. The Labute approximate surface area is 141 Å². The van der Waals surface area contributed by atoms with Crippen molar-refractivity contribution in [3.63, 3.8) is 0 Å². The van der Waals surface area contributed by atoms with Crippen molar-refractivity contribution < 1.29 is 18.3 Å². The molecule has 1 aliphatic rings. The molecule has 1 aliphatic carbocycles. The number of hydrogen-bond acceptors (Lipinski definition) is 6. The molecule has 0 aliphatic heterocycles. The van der Waals surface area contributed by atoms with Crippen molar-refractivity contribution in [1.82, 2.24) is 4.98 Å². The number of benzene rings is 1. The molecule has 0 unspecified atom stereocenters. The van der Waals surface area contributed by atoms with Gasteiger partial charge in [0.05, 0.1) is 0 Å². The molecule has 1 saturated carbocycles. The quantitative estimate of drug-likeness (QED) is 0.770. The third-order valence-corrected chi connectivity index (χ3v) is 4.89. The summed E-state index contributed by atoms with van der Waals surface area (Å²) in [4.78, 5) is 17.1. The summed E-state index contributed by atoms with van der Waals surface area (Å²) in [5.74, 6) is -0.103. The van der Waals surface area contributed by atoms with Gasteiger partial charge in [0, 0.05) is 11.6 Å². The molecule has 5 nitrogen and oxygen atoms in total. The molecule has 0 spiro atoms. The Morgan fingerprint density at radius 2 is 1.96 bits per heavy atom. The molecule has 8 heteroatoms. The van der Waals surface area contributed by atoms with E-state index in [0.29, 0.717) is 21.6 Å². The SMILES string of the molecule is Nc1nc(NC2CCCC2)sc1C(=O)c1ccc(OC(F)F)cc1. The third-order valence-electron chi connectivity index (χ3n) is 3.88. The van der Waals surface area contributed by atoms with Gasteiger partial charge in [-0.1, -0.05) is 24.2 Å². The predicted octanol–water partition coefficient (Wildman–Crippen LogP) is 3.91. The largest absolute Gasteiger partial charge is 0.435 e. The average Bonchev–Trinajstić information content (AvgIpc) is 3.17. The highest BCUT2D eigenvalue weighted by molar-refractivity contribution is 7.18. The molecule has 1 aromatic heterocycles. The van der Waals surface area contributed by atoms with Gasteiger partial charge in [-0.05, 0) is 37.1 Å². The standard InChI is InChI=1S/C16H17F2N3O2S/c17-15(18)23-11-7-5-9(6-8-11)12(22)13-14(19)21-16(24-13)20-10-3-1-2-4-10/h5-8,10,15H,1-4,19H2,(H,20,21). The Morgan fingerprint density at radius 3 is 2.58 bits per heavy atom. The van der Waals surface area contributed by atoms with Crippen molar-refractivity contribution >= 4 is 28.1 Å². The monoisotopic (exact) mass is 353 g/mol. The number of alkyl halides is 2. The molecule has 1 aromatic carbocycles. The average molecular weight is 353 g/mol. The van der Waals surface area contributed by atoms with Crippen LogP contribution in [0.2, 0.25) is 0 Å². The van der Waals surface area contributed by atoms with Gasteiger partial charge in [0.15, 0.2) is 5.13 Å². The van der Waals surface area contributed by atoms with Crippen LogP contribution in [0.1, 0.15) is 40.9 Å². The van der Waals surface area contributed by atoms with Crippen LogP contribution in [0.25, 0.3) is 0 Å². The summed E-state index contributed by atoms with van der Waals surface area (Å²) < 4.78 is 28.6. The third kappa shape index (κ3) is 3.81. The number of rotatable bonds is 6. The molecule has 24 heavy (non-hydrogen) atoms. The van der Waals surface area contributed by atoms with Gasteiger partial charge in [0.25, 0.3) is 0 Å². The number of ketones is 1. The first-order valence-electron chi connectivity index (χ1n) is 7.65. The predicted molar refractivity (Wildman–Crippen MR) is 88.9 cm³/mol. The number of nitrogens with one attached hydrogen (secondary N) is 1. The van der Waals surface area contributed by atoms with Gasteiger partial charge >= 0.3 is 6.61 Å². The number of nitrogen functional groups attached to an aromatic ring is 1. The molecule has 0 saturated heterocycles. The van der Waals surface area contributed by atoms with E-state index in [-0.39, 0.29) is 17.4 Å². The number of thiazole rings is 1. The second-order valence-electron chi connectivity index (χ2n) is 5.59. The van der Waals surface area contributed by atoms with E-state index in [1.807, 2.05) is 0 Å². The van der Waals surface area contributed by atoms with Crippen molar-refractivity contribution in [2.24, 2.45) is 0 Å². The van der Waals surface area contributed by atoms with E-state index < -0.39 is 6.61 Å². The lowest BCUT2D eigenvalue weighted by molar-refractivity contribution is -0.0498. The van der Waals surface area contributed by atoms with Crippen molar-refractivity contribution in [3.05, 3.63) is 34.7 Å². The zero-order chi connectivity index (χ0) is 17.1. The van der Waals surface area contributed by atoms with Crippen LogP contribution >= 0.6 is 11.3 Å². The van der Waals surface area contributed by atoms with E-state index in [1.165, 1.54) is 48.4 Å². The number of anilines is 2. The highest BCUT2D eigenvalue weighted by atomic mass is 32.1. The molecule has 0 amide bonds. The molecule has 128 valence electrons. The van der Waals surface area contributed by atoms with E-state index in [4.69, 9.17) is 5.73 Å². The Bertz CT molecular complexity index is 713. The number of nitrogens with zero attached hydrogens (tertiary/aromatic N) is 1. The van der Waals surface area contributed by atoms with Crippen molar-refractivity contribution in [2.45, 2.75) is 38.3 Å². The fourth-order valence-corrected chi connectivity index (χ4v) is 3.64. The fourth-order valence-electron chi connectivity index (χ4n) is 2.72. The van der Waals surface area contributed by atoms with Crippen LogP contribution in [0.3, 0.4) is 0 Å². The van der Waals surface area contributed by atoms with Crippen LogP contribution in [0.15, 0.2) is 24.3 Å². The minimum absolute atomic E-state index is 0.00224. The zero-order valence-corrected chi connectivity index (χ0v) is 13.6. The zero-order valence-electron chi connectivity index (χ0n) is 12.8. The molecule has 2 aromatic rings. The highest BCUT2D eigenvalue weighted by Gasteiger charge is 2.21. The molecule has 1 fully saturated rings. The Kier molecular flexibility index (Phi) is 4.94. The summed E-state index contributed by atoms with van der Waals surface area (Å²) in [5, 5.41) is 3.95. The van der Waals surface area contributed by atoms with Crippen LogP contribution in [-0.2, 0) is 0 Å². The maximum atomic E-state index is 12.5. The lowest BCUT2D eigenvalue weighted by Gasteiger charge is -2.09. The lowest BCUT2D eigenvalue weighted by Crippen LogP contribution is -2.14. The van der Waals surface area contributed by atoms with Crippen LogP contribution in [-0.4, -0.2) is 23.4 Å². The first kappa shape index (κ1) is 16.6. The van der Waals surface area contributed by atoms with Gasteiger partial charge in [0.2, 0.25) is 5.78 Å². The van der Waals surface area contributed by atoms with Gasteiger partial charge in [-0.25, -0.2) is 4.98 Å². The van der Waals surface area contributed by atoms with E-state index in [0.717, 1.165) is 12.8 Å². The molecule has 0 atom stereocenters. The van der Waals surface area contributed by atoms with Gasteiger partial charge in [-0.15, -0.1) is 0 Å². The minimum Gasteiger partial charge on any atom is -0.435 e. The number of hydrogen-bond donors (Lipinski definition) is 2. The summed E-state index contributed by atoms with van der Waals surface area (Å²) in [5.41, 5.74) is 6.21. The Hall–Kier alpha value is -2.22. The van der Waals surface area contributed by atoms with Gasteiger partial charge < -0.3 is 15.8 Å². The number of carbonyl (C=O) groups is 1. The molecular formula is C16H17F2N3O2S. The van der Waals surface area contributed by atoms with Crippen LogP contribution in [0.4, 0.5) is 19.7 Å². The number of aromatic nitrogens is 1. The van der Waals surface area contributed by atoms with Gasteiger partial charge in [-0.3, -0.25) is 4.79 Å². The second-order valence-corrected chi connectivity index (χ2v) is 6.59. The number of carbonyl (C=O) groups excluding carboxylic acids is 1. The topological polar surface area (TPSA) is 77.2 Å². The summed E-state index contributed by atoms with van der Waals surface area (Å²) in [6.45, 7) is -2.90. The smallest absolute Gasteiger partial charge is 0.387 e. The van der Waals surface area contributed by atoms with Crippen LogP contribution in [0, 0.1) is 0 Å². The maximum Gasteiger partial charge on any atom is 0.387 e. The van der Waals surface area contributed by atoms with Crippen molar-refractivity contribution in [1.29, 1.82) is 0 Å². The highest BCUT2D eigenvalue weighted by Crippen LogP contribution is 2.30. The summed E-state index contributed by atoms with van der Waals surface area (Å²) in [6.07, 6.45) is 4.57. The van der Waals surface area contributed by atoms with Gasteiger partial charge in [0.1, 0.15) is 16.4 Å². The molecule has 0 bridgehead atoms. The van der Waals surface area contributed by atoms with E-state index in [2.05, 4.69) is 15.0 Å². The Balaban J connectivity index is 1.73. The molecule has 0 radical (unpaired) electrons. The number of halogens is 2. The van der Waals surface area contributed by atoms with E-state index in [9.17, 15) is 13.6 Å². The first-order valence-corrected chi connectivity index (χ1v) is 8.47. The van der Waals surface area contributed by atoms with Crippen molar-refractivity contribution in [3.8, 4) is 5.75 Å². The Morgan fingerprint density at radius 1 is 1.29 bits per heavy atom. The lowest BCUT2D eigenvalue weighted by atomic mass is 10.1.